The number of rotatable bonds is 3. The molecule has 0 aliphatic heterocycles. The molecule has 22 heavy (non-hydrogen) atoms. The van der Waals surface area contributed by atoms with Gasteiger partial charge in [0.2, 0.25) is 0 Å². The molecule has 0 radical (unpaired) electrons. The molecule has 2 aromatic carbocycles. The molecule has 114 valence electrons. The number of anilines is 2. The number of carbonyl (C=O) groups is 2. The Morgan fingerprint density at radius 3 is 2.32 bits per heavy atom. The highest BCUT2D eigenvalue weighted by Gasteiger charge is 2.16. The topological polar surface area (TPSA) is 67.4 Å². The summed E-state index contributed by atoms with van der Waals surface area (Å²) in [6.45, 7) is 0. The Labute approximate surface area is 137 Å². The maximum absolute atomic E-state index is 11.9. The second kappa shape index (κ2) is 7.15. The Hall–Kier alpha value is -2.24. The second-order valence-corrected chi connectivity index (χ2v) is 5.05. The summed E-state index contributed by atoms with van der Waals surface area (Å²) in [5.41, 5.74) is 0.772. The summed E-state index contributed by atoms with van der Waals surface area (Å²) in [5.74, 6) is -1.20. The molecule has 2 rings (SSSR count). The molecule has 0 atom stereocenters. The molecule has 0 aliphatic rings. The average Bonchev–Trinajstić information content (AvgIpc) is 2.51. The fraction of sp³-hybridized carbons (Fsp3) is 0.0667. The van der Waals surface area contributed by atoms with E-state index >= 15 is 0 Å². The fourth-order valence-electron chi connectivity index (χ4n) is 1.69. The van der Waals surface area contributed by atoms with Crippen LogP contribution in [0.4, 0.5) is 11.4 Å². The lowest BCUT2D eigenvalue weighted by molar-refractivity contribution is -0.133. The number of para-hydroxylation sites is 2. The summed E-state index contributed by atoms with van der Waals surface area (Å²) in [6, 6.07) is 11.3. The van der Waals surface area contributed by atoms with Gasteiger partial charge in [-0.05, 0) is 30.3 Å². The van der Waals surface area contributed by atoms with Crippen LogP contribution >= 0.6 is 23.2 Å². The molecule has 2 N–H and O–H groups in total. The van der Waals surface area contributed by atoms with Crippen molar-refractivity contribution in [3.8, 4) is 5.75 Å². The number of hydrogen-bond acceptors (Lipinski definition) is 3. The molecule has 2 amide bonds. The molecular formula is C15H12Cl2N2O3. The van der Waals surface area contributed by atoms with Gasteiger partial charge in [0.15, 0.2) is 0 Å². The van der Waals surface area contributed by atoms with E-state index in [-0.39, 0.29) is 5.02 Å². The molecule has 0 unspecified atom stereocenters. The lowest BCUT2D eigenvalue weighted by atomic mass is 10.3. The van der Waals surface area contributed by atoms with Gasteiger partial charge in [0.1, 0.15) is 5.75 Å². The van der Waals surface area contributed by atoms with Crippen molar-refractivity contribution in [3.05, 3.63) is 52.5 Å². The van der Waals surface area contributed by atoms with Crippen molar-refractivity contribution in [2.45, 2.75) is 0 Å². The van der Waals surface area contributed by atoms with Crippen LogP contribution in [0.3, 0.4) is 0 Å². The van der Waals surface area contributed by atoms with Crippen molar-refractivity contribution in [1.82, 2.24) is 0 Å². The van der Waals surface area contributed by atoms with Crippen LogP contribution in [-0.2, 0) is 9.59 Å². The van der Waals surface area contributed by atoms with Crippen LogP contribution in [0.2, 0.25) is 10.0 Å². The molecule has 5 nitrogen and oxygen atoms in total. The van der Waals surface area contributed by atoms with Crippen molar-refractivity contribution in [2.24, 2.45) is 0 Å². The quantitative estimate of drug-likeness (QED) is 0.840. The first kappa shape index (κ1) is 16.1. The Balaban J connectivity index is 2.06. The number of hydrogen-bond donors (Lipinski definition) is 2. The molecule has 0 spiro atoms. The maximum Gasteiger partial charge on any atom is 0.314 e. The SMILES string of the molecule is COc1ccccc1NC(=O)C(=O)Nc1ccc(Cl)c(Cl)c1. The van der Waals surface area contributed by atoms with Crippen molar-refractivity contribution < 1.29 is 14.3 Å². The normalized spacial score (nSPS) is 9.95. The Bertz CT molecular complexity index is 720. The molecule has 0 fully saturated rings. The summed E-state index contributed by atoms with van der Waals surface area (Å²) >= 11 is 11.6. The van der Waals surface area contributed by atoms with Gasteiger partial charge in [-0.3, -0.25) is 9.59 Å². The average molecular weight is 339 g/mol. The van der Waals surface area contributed by atoms with Gasteiger partial charge in [0, 0.05) is 5.69 Å². The monoisotopic (exact) mass is 338 g/mol. The summed E-state index contributed by atoms with van der Waals surface area (Å²) in [4.78, 5) is 23.8. The molecule has 2 aromatic rings. The summed E-state index contributed by atoms with van der Waals surface area (Å²) < 4.78 is 5.09. The third-order valence-corrected chi connectivity index (χ3v) is 3.48. The largest absolute Gasteiger partial charge is 0.495 e. The summed E-state index contributed by atoms with van der Waals surface area (Å²) in [7, 11) is 1.47. The lowest BCUT2D eigenvalue weighted by Gasteiger charge is -2.10. The first-order valence-corrected chi connectivity index (χ1v) is 6.97. The van der Waals surface area contributed by atoms with Crippen molar-refractivity contribution >= 4 is 46.4 Å². The fourth-order valence-corrected chi connectivity index (χ4v) is 1.99. The van der Waals surface area contributed by atoms with E-state index in [4.69, 9.17) is 27.9 Å². The Kier molecular flexibility index (Phi) is 5.25. The van der Waals surface area contributed by atoms with Crippen LogP contribution in [0.25, 0.3) is 0 Å². The number of benzene rings is 2. The van der Waals surface area contributed by atoms with Gasteiger partial charge >= 0.3 is 11.8 Å². The molecule has 0 aromatic heterocycles. The van der Waals surface area contributed by atoms with Gasteiger partial charge in [0.25, 0.3) is 0 Å². The van der Waals surface area contributed by atoms with Crippen LogP contribution in [0.15, 0.2) is 42.5 Å². The van der Waals surface area contributed by atoms with E-state index in [0.717, 1.165) is 0 Å². The van der Waals surface area contributed by atoms with Gasteiger partial charge in [-0.15, -0.1) is 0 Å². The van der Waals surface area contributed by atoms with Crippen LogP contribution < -0.4 is 15.4 Å². The zero-order valence-electron chi connectivity index (χ0n) is 11.5. The van der Waals surface area contributed by atoms with Crippen LogP contribution in [0.5, 0.6) is 5.75 Å². The number of amides is 2. The predicted molar refractivity (Wildman–Crippen MR) is 86.7 cm³/mol. The van der Waals surface area contributed by atoms with Gasteiger partial charge in [-0.2, -0.15) is 0 Å². The van der Waals surface area contributed by atoms with E-state index in [2.05, 4.69) is 10.6 Å². The predicted octanol–water partition coefficient (Wildman–Crippen LogP) is 3.58. The standard InChI is InChI=1S/C15H12Cl2N2O3/c1-22-13-5-3-2-4-12(13)19-15(21)14(20)18-9-6-7-10(16)11(17)8-9/h2-8H,1H3,(H,18,20)(H,19,21). The smallest absolute Gasteiger partial charge is 0.314 e. The molecule has 7 heteroatoms. The summed E-state index contributed by atoms with van der Waals surface area (Å²) in [5, 5.41) is 5.55. The molecule has 0 aliphatic carbocycles. The number of methoxy groups -OCH3 is 1. The third-order valence-electron chi connectivity index (χ3n) is 2.74. The van der Waals surface area contributed by atoms with Gasteiger partial charge in [0.05, 0.1) is 22.8 Å². The summed E-state index contributed by atoms with van der Waals surface area (Å²) in [6.07, 6.45) is 0. The number of halogens is 2. The highest BCUT2D eigenvalue weighted by molar-refractivity contribution is 6.44. The Morgan fingerprint density at radius 2 is 1.64 bits per heavy atom. The maximum atomic E-state index is 11.9. The van der Waals surface area contributed by atoms with Crippen molar-refractivity contribution in [2.75, 3.05) is 17.7 Å². The van der Waals surface area contributed by atoms with Crippen molar-refractivity contribution in [1.29, 1.82) is 0 Å². The number of ether oxygens (including phenoxy) is 1. The first-order chi connectivity index (χ1) is 10.5. The zero-order valence-corrected chi connectivity index (χ0v) is 13.0. The van der Waals surface area contributed by atoms with Crippen LogP contribution in [-0.4, -0.2) is 18.9 Å². The zero-order chi connectivity index (χ0) is 16.1. The van der Waals surface area contributed by atoms with E-state index in [1.165, 1.54) is 19.2 Å². The number of carbonyl (C=O) groups excluding carboxylic acids is 2. The van der Waals surface area contributed by atoms with Gasteiger partial charge in [-0.1, -0.05) is 35.3 Å². The minimum Gasteiger partial charge on any atom is -0.495 e. The lowest BCUT2D eigenvalue weighted by Crippen LogP contribution is -2.29. The highest BCUT2D eigenvalue weighted by Crippen LogP contribution is 2.25. The molecule has 0 bridgehead atoms. The van der Waals surface area contributed by atoms with E-state index in [1.807, 2.05) is 0 Å². The minimum atomic E-state index is -0.829. The van der Waals surface area contributed by atoms with Crippen LogP contribution in [0, 0.1) is 0 Å². The first-order valence-electron chi connectivity index (χ1n) is 6.21. The molecule has 0 heterocycles. The van der Waals surface area contributed by atoms with Crippen LogP contribution in [0.1, 0.15) is 0 Å². The van der Waals surface area contributed by atoms with Crippen molar-refractivity contribution in [3.63, 3.8) is 0 Å². The number of nitrogens with one attached hydrogen (secondary N) is 2. The molecular weight excluding hydrogens is 327 g/mol. The van der Waals surface area contributed by atoms with Gasteiger partial charge < -0.3 is 15.4 Å². The third kappa shape index (κ3) is 3.90. The molecule has 0 saturated heterocycles. The molecule has 0 saturated carbocycles. The van der Waals surface area contributed by atoms with E-state index in [9.17, 15) is 9.59 Å². The highest BCUT2D eigenvalue weighted by atomic mass is 35.5. The minimum absolute atomic E-state index is 0.282. The van der Waals surface area contributed by atoms with E-state index < -0.39 is 11.8 Å². The van der Waals surface area contributed by atoms with E-state index in [1.54, 1.807) is 30.3 Å². The van der Waals surface area contributed by atoms with E-state index in [0.29, 0.717) is 22.1 Å². The Morgan fingerprint density at radius 1 is 0.955 bits per heavy atom. The second-order valence-electron chi connectivity index (χ2n) is 4.24. The van der Waals surface area contributed by atoms with Gasteiger partial charge in [-0.25, -0.2) is 0 Å².